The van der Waals surface area contributed by atoms with E-state index in [0.29, 0.717) is 12.1 Å². The van der Waals surface area contributed by atoms with E-state index >= 15 is 0 Å². The van der Waals surface area contributed by atoms with Crippen LogP contribution in [0.1, 0.15) is 139 Å². The molecule has 8 heteroatoms. The smallest absolute Gasteiger partial charge is 0.230 e. The molecule has 1 unspecified atom stereocenters. The Morgan fingerprint density at radius 3 is 1.59 bits per heavy atom. The van der Waals surface area contributed by atoms with Crippen LogP contribution in [0.15, 0.2) is 0 Å². The Labute approximate surface area is 252 Å². The van der Waals surface area contributed by atoms with Crippen LogP contribution in [0.2, 0.25) is 0 Å². The minimum atomic E-state index is 0.0516. The second-order valence-corrected chi connectivity index (χ2v) is 15.9. The summed E-state index contributed by atoms with van der Waals surface area (Å²) in [5.74, 6) is 2.50. The molecule has 0 spiro atoms. The number of aromatic nitrogens is 3. The molecule has 0 aromatic carbocycles. The van der Waals surface area contributed by atoms with Gasteiger partial charge < -0.3 is 20.4 Å². The lowest BCUT2D eigenvalue weighted by atomic mass is 9.78. The van der Waals surface area contributed by atoms with Crippen molar-refractivity contribution in [3.05, 3.63) is 5.82 Å². The monoisotopic (exact) mass is 573 g/mol. The number of nitrogens with zero attached hydrogens (tertiary/aromatic N) is 6. The number of rotatable bonds is 12. The molecule has 2 aliphatic rings. The van der Waals surface area contributed by atoms with Crippen molar-refractivity contribution >= 4 is 11.9 Å². The Morgan fingerprint density at radius 1 is 0.683 bits per heavy atom. The predicted octanol–water partition coefficient (Wildman–Crippen LogP) is 6.33. The van der Waals surface area contributed by atoms with Crippen LogP contribution in [0.4, 0.5) is 11.9 Å². The molecule has 236 valence electrons. The van der Waals surface area contributed by atoms with Crippen molar-refractivity contribution < 1.29 is 0 Å². The van der Waals surface area contributed by atoms with Crippen molar-refractivity contribution in [2.75, 3.05) is 37.0 Å². The Kier molecular flexibility index (Phi) is 10.8. The summed E-state index contributed by atoms with van der Waals surface area (Å²) >= 11 is 0. The molecule has 0 amide bonds. The van der Waals surface area contributed by atoms with Crippen molar-refractivity contribution in [1.82, 2.24) is 30.5 Å². The largest absolute Gasteiger partial charge is 0.347 e. The zero-order valence-electron chi connectivity index (χ0n) is 29.0. The number of nitrogens with one attached hydrogen (secondary N) is 2. The van der Waals surface area contributed by atoms with E-state index in [4.69, 9.17) is 15.0 Å². The quantitative estimate of drug-likeness (QED) is 0.301. The number of unbranched alkanes of at least 4 members (excludes halogenated alkanes) is 2. The highest BCUT2D eigenvalue weighted by atomic mass is 15.4. The van der Waals surface area contributed by atoms with Gasteiger partial charge in [-0.15, -0.1) is 0 Å². The third-order valence-corrected chi connectivity index (χ3v) is 8.93. The second-order valence-electron chi connectivity index (χ2n) is 15.9. The Hall–Kier alpha value is -1.51. The average molecular weight is 573 g/mol. The van der Waals surface area contributed by atoms with Crippen LogP contribution in [0.25, 0.3) is 0 Å². The van der Waals surface area contributed by atoms with E-state index in [1.807, 2.05) is 19.0 Å². The number of hydrogen-bond acceptors (Lipinski definition) is 8. The molecular formula is C33H64N8. The summed E-state index contributed by atoms with van der Waals surface area (Å²) in [4.78, 5) is 22.8. The average Bonchev–Trinajstić information content (AvgIpc) is 2.80. The predicted molar refractivity (Wildman–Crippen MR) is 175 cm³/mol. The summed E-state index contributed by atoms with van der Waals surface area (Å²) < 4.78 is 0. The highest BCUT2D eigenvalue weighted by Crippen LogP contribution is 2.37. The molecule has 3 heterocycles. The molecule has 0 bridgehead atoms. The highest BCUT2D eigenvalue weighted by molar-refractivity contribution is 5.40. The van der Waals surface area contributed by atoms with E-state index in [2.05, 4.69) is 96.6 Å². The van der Waals surface area contributed by atoms with Crippen molar-refractivity contribution in [2.24, 2.45) is 0 Å². The Bertz CT molecular complexity index is 953. The number of anilines is 2. The summed E-state index contributed by atoms with van der Waals surface area (Å²) in [5, 5.41) is 7.75. The van der Waals surface area contributed by atoms with Crippen LogP contribution >= 0.6 is 0 Å². The highest BCUT2D eigenvalue weighted by Gasteiger charge is 2.43. The van der Waals surface area contributed by atoms with E-state index in [1.165, 1.54) is 12.8 Å². The molecule has 2 fully saturated rings. The van der Waals surface area contributed by atoms with Gasteiger partial charge in [0.15, 0.2) is 5.82 Å². The first kappa shape index (κ1) is 34.0. The summed E-state index contributed by atoms with van der Waals surface area (Å²) in [5.41, 5.74) is 0.272. The van der Waals surface area contributed by atoms with E-state index in [-0.39, 0.29) is 28.2 Å². The Balaban J connectivity index is 2.06. The zero-order valence-corrected chi connectivity index (χ0v) is 29.0. The van der Waals surface area contributed by atoms with Gasteiger partial charge in [0.25, 0.3) is 0 Å². The van der Waals surface area contributed by atoms with Gasteiger partial charge >= 0.3 is 0 Å². The summed E-state index contributed by atoms with van der Waals surface area (Å²) in [6, 6.07) is 0.939. The van der Waals surface area contributed by atoms with Crippen LogP contribution in [0.3, 0.4) is 0 Å². The van der Waals surface area contributed by atoms with Gasteiger partial charge in [0, 0.05) is 54.9 Å². The zero-order chi connectivity index (χ0) is 30.8. The van der Waals surface area contributed by atoms with Crippen molar-refractivity contribution in [3.8, 4) is 0 Å². The molecule has 2 aliphatic heterocycles. The maximum absolute atomic E-state index is 5.34. The van der Waals surface area contributed by atoms with E-state index in [0.717, 1.165) is 69.3 Å². The maximum Gasteiger partial charge on any atom is 0.230 e. The van der Waals surface area contributed by atoms with Crippen LogP contribution in [-0.4, -0.2) is 81.3 Å². The van der Waals surface area contributed by atoms with Crippen LogP contribution in [-0.2, 0) is 0 Å². The molecule has 2 saturated heterocycles. The number of piperidine rings is 2. The topological polar surface area (TPSA) is 72.5 Å². The molecule has 3 rings (SSSR count). The van der Waals surface area contributed by atoms with Gasteiger partial charge in [-0.25, -0.2) is 0 Å². The minimum absolute atomic E-state index is 0.0516. The fraction of sp³-hybridized carbons (Fsp3) is 0.909. The first-order valence-electron chi connectivity index (χ1n) is 16.4. The molecule has 1 aromatic rings. The van der Waals surface area contributed by atoms with Gasteiger partial charge in [-0.2, -0.15) is 15.0 Å². The molecule has 0 saturated carbocycles. The molecule has 1 atom stereocenters. The summed E-state index contributed by atoms with van der Waals surface area (Å²) in [6.07, 6.45) is 8.99. The standard InChI is InChI=1S/C33H64N8/c1-14-16-18-40(25-20-30(4,5)37-31(6,7)21-25)24(3)27-34-28(39(12)13)36-29(35-27)41(19-17-15-2)26-22-32(8,9)38-33(10,11)23-26/h24-26,37-38H,14-23H2,1-13H3. The fourth-order valence-electron chi connectivity index (χ4n) is 7.83. The molecule has 0 radical (unpaired) electrons. The molecule has 1 aromatic heterocycles. The van der Waals surface area contributed by atoms with E-state index in [1.54, 1.807) is 0 Å². The van der Waals surface area contributed by atoms with Gasteiger partial charge in [0.2, 0.25) is 11.9 Å². The lowest BCUT2D eigenvalue weighted by molar-refractivity contribution is 0.0396. The fourth-order valence-corrected chi connectivity index (χ4v) is 7.83. The van der Waals surface area contributed by atoms with Crippen molar-refractivity contribution in [3.63, 3.8) is 0 Å². The normalized spacial score (nSPS) is 23.0. The summed E-state index contributed by atoms with van der Waals surface area (Å²) in [6.45, 7) is 27.6. The van der Waals surface area contributed by atoms with Crippen LogP contribution in [0.5, 0.6) is 0 Å². The lowest BCUT2D eigenvalue weighted by Gasteiger charge is -2.51. The third-order valence-electron chi connectivity index (χ3n) is 8.93. The SMILES string of the molecule is CCCCN(c1nc(C(C)N(CCCC)C2CC(C)(C)NC(C)(C)C2)nc(N(C)C)n1)C1CC(C)(C)NC(C)(C)C1. The minimum Gasteiger partial charge on any atom is -0.347 e. The first-order valence-corrected chi connectivity index (χ1v) is 16.4. The van der Waals surface area contributed by atoms with E-state index in [9.17, 15) is 0 Å². The molecular weight excluding hydrogens is 508 g/mol. The van der Waals surface area contributed by atoms with Gasteiger partial charge in [-0.05, 0) is 107 Å². The Morgan fingerprint density at radius 2 is 1.12 bits per heavy atom. The molecule has 41 heavy (non-hydrogen) atoms. The first-order chi connectivity index (χ1) is 18.9. The van der Waals surface area contributed by atoms with Gasteiger partial charge in [0.1, 0.15) is 0 Å². The second kappa shape index (κ2) is 13.0. The van der Waals surface area contributed by atoms with E-state index < -0.39 is 0 Å². The molecule has 0 aliphatic carbocycles. The van der Waals surface area contributed by atoms with Gasteiger partial charge in [-0.1, -0.05) is 26.7 Å². The van der Waals surface area contributed by atoms with Gasteiger partial charge in [0.05, 0.1) is 6.04 Å². The van der Waals surface area contributed by atoms with Gasteiger partial charge in [-0.3, -0.25) is 4.90 Å². The van der Waals surface area contributed by atoms with Crippen LogP contribution < -0.4 is 20.4 Å². The van der Waals surface area contributed by atoms with Crippen molar-refractivity contribution in [2.45, 2.75) is 168 Å². The third kappa shape index (κ3) is 9.24. The lowest BCUT2D eigenvalue weighted by Crippen LogP contribution is -2.62. The molecule has 8 nitrogen and oxygen atoms in total. The van der Waals surface area contributed by atoms with Crippen LogP contribution in [0, 0.1) is 0 Å². The molecule has 2 N–H and O–H groups in total. The summed E-state index contributed by atoms with van der Waals surface area (Å²) in [7, 11) is 4.10. The number of hydrogen-bond donors (Lipinski definition) is 2. The maximum atomic E-state index is 5.34. The van der Waals surface area contributed by atoms with Crippen molar-refractivity contribution in [1.29, 1.82) is 0 Å².